The van der Waals surface area contributed by atoms with Gasteiger partial charge in [-0.1, -0.05) is 0 Å². The Kier molecular flexibility index (Phi) is 3.54. The maximum absolute atomic E-state index is 12.2. The molecule has 0 spiro atoms. The van der Waals surface area contributed by atoms with Crippen molar-refractivity contribution in [2.75, 3.05) is 12.8 Å². The number of likely N-dealkylation sites (N-methyl/N-ethyl adjacent to an activating group) is 1. The fraction of sp³-hybridized carbons (Fsp3) is 0.818. The highest BCUT2D eigenvalue weighted by molar-refractivity contribution is 7.99. The van der Waals surface area contributed by atoms with E-state index in [2.05, 4.69) is 5.32 Å². The molecule has 0 bridgehead atoms. The van der Waals surface area contributed by atoms with Crippen molar-refractivity contribution in [3.05, 3.63) is 0 Å². The first-order chi connectivity index (χ1) is 7.65. The quantitative estimate of drug-likeness (QED) is 0.771. The van der Waals surface area contributed by atoms with E-state index in [1.165, 1.54) is 0 Å². The predicted molar refractivity (Wildman–Crippen MR) is 64.3 cm³/mol. The van der Waals surface area contributed by atoms with Gasteiger partial charge in [-0.2, -0.15) is 0 Å². The molecule has 0 radical (unpaired) electrons. The lowest BCUT2D eigenvalue weighted by Crippen LogP contribution is -2.60. The second kappa shape index (κ2) is 4.75. The monoisotopic (exact) mass is 242 g/mol. The number of rotatable bonds is 2. The first kappa shape index (κ1) is 11.9. The van der Waals surface area contributed by atoms with Gasteiger partial charge in [-0.05, 0) is 39.0 Å². The second-order valence-electron chi connectivity index (χ2n) is 4.40. The normalized spacial score (nSPS) is 34.8. The number of nitrogens with one attached hydrogen (secondary N) is 1. The summed E-state index contributed by atoms with van der Waals surface area (Å²) in [5, 5.41) is 3.26. The summed E-state index contributed by atoms with van der Waals surface area (Å²) in [6.07, 6.45) is 2.68. The van der Waals surface area contributed by atoms with Crippen LogP contribution in [-0.2, 0) is 9.59 Å². The summed E-state index contributed by atoms with van der Waals surface area (Å²) in [4.78, 5) is 25.6. The third-order valence-corrected chi connectivity index (χ3v) is 4.74. The van der Waals surface area contributed by atoms with Gasteiger partial charge < -0.3 is 10.2 Å². The van der Waals surface area contributed by atoms with Crippen molar-refractivity contribution < 1.29 is 9.59 Å². The predicted octanol–water partition coefficient (Wildman–Crippen LogP) is 0.617. The Morgan fingerprint density at radius 1 is 1.44 bits per heavy atom. The largest absolute Gasteiger partial charge is 0.319 e. The van der Waals surface area contributed by atoms with Crippen LogP contribution < -0.4 is 5.32 Å². The van der Waals surface area contributed by atoms with E-state index in [0.29, 0.717) is 0 Å². The minimum Gasteiger partial charge on any atom is -0.319 e. The van der Waals surface area contributed by atoms with E-state index in [4.69, 9.17) is 0 Å². The minimum absolute atomic E-state index is 0.100. The molecule has 0 aromatic heterocycles. The highest BCUT2D eigenvalue weighted by Gasteiger charge is 2.42. The Morgan fingerprint density at radius 3 is 2.81 bits per heavy atom. The van der Waals surface area contributed by atoms with Crippen molar-refractivity contribution >= 4 is 23.5 Å². The number of piperidine rings is 1. The van der Waals surface area contributed by atoms with Crippen molar-refractivity contribution in [1.29, 1.82) is 0 Å². The molecule has 2 saturated heterocycles. The second-order valence-corrected chi connectivity index (χ2v) is 5.69. The lowest BCUT2D eigenvalue weighted by molar-refractivity contribution is -0.144. The van der Waals surface area contributed by atoms with Crippen molar-refractivity contribution in [3.63, 3.8) is 0 Å². The Labute approximate surface area is 100 Å². The molecule has 1 amide bonds. The molecule has 1 N–H and O–H groups in total. The molecule has 2 aliphatic rings. The zero-order chi connectivity index (χ0) is 11.7. The summed E-state index contributed by atoms with van der Waals surface area (Å²) >= 11 is 1.81. The number of thioether (sulfide) groups is 1. The fourth-order valence-electron chi connectivity index (χ4n) is 2.53. The Balaban J connectivity index is 2.20. The molecule has 0 aliphatic carbocycles. The topological polar surface area (TPSA) is 49.4 Å². The van der Waals surface area contributed by atoms with E-state index in [1.807, 2.05) is 23.7 Å². The van der Waals surface area contributed by atoms with Crippen LogP contribution in [0.2, 0.25) is 0 Å². The van der Waals surface area contributed by atoms with Gasteiger partial charge in [0.25, 0.3) is 0 Å². The molecule has 0 aromatic rings. The SMILES string of the molecule is CNC1CCC2SCCC(C(C)=O)N2C1=O. The first-order valence-electron chi connectivity index (χ1n) is 5.76. The highest BCUT2D eigenvalue weighted by atomic mass is 32.2. The zero-order valence-electron chi connectivity index (χ0n) is 9.73. The van der Waals surface area contributed by atoms with Crippen LogP contribution in [0.1, 0.15) is 26.2 Å². The third-order valence-electron chi connectivity index (χ3n) is 3.42. The summed E-state index contributed by atoms with van der Waals surface area (Å²) in [7, 11) is 1.81. The number of fused-ring (bicyclic) bond motifs is 1. The molecule has 2 fully saturated rings. The van der Waals surface area contributed by atoms with Crippen molar-refractivity contribution in [3.8, 4) is 0 Å². The molecule has 3 unspecified atom stereocenters. The van der Waals surface area contributed by atoms with Crippen LogP contribution in [-0.4, -0.2) is 46.8 Å². The van der Waals surface area contributed by atoms with Gasteiger partial charge in [0, 0.05) is 0 Å². The lowest BCUT2D eigenvalue weighted by Gasteiger charge is -2.45. The van der Waals surface area contributed by atoms with Gasteiger partial charge in [-0.25, -0.2) is 0 Å². The molecule has 2 heterocycles. The van der Waals surface area contributed by atoms with E-state index < -0.39 is 0 Å². The molecule has 4 nitrogen and oxygen atoms in total. The number of hydrogen-bond acceptors (Lipinski definition) is 4. The van der Waals surface area contributed by atoms with E-state index in [-0.39, 0.29) is 29.1 Å². The van der Waals surface area contributed by atoms with Crippen LogP contribution in [0.4, 0.5) is 0 Å². The van der Waals surface area contributed by atoms with Gasteiger partial charge in [-0.3, -0.25) is 9.59 Å². The molecule has 0 aromatic carbocycles. The van der Waals surface area contributed by atoms with Gasteiger partial charge in [0.15, 0.2) is 5.78 Å². The molecular formula is C11H18N2O2S. The molecule has 0 saturated carbocycles. The number of carbonyl (C=O) groups is 2. The number of amides is 1. The van der Waals surface area contributed by atoms with Crippen LogP contribution in [0.15, 0.2) is 0 Å². The van der Waals surface area contributed by atoms with E-state index in [1.54, 1.807) is 6.92 Å². The van der Waals surface area contributed by atoms with Gasteiger partial charge in [-0.15, -0.1) is 11.8 Å². The average Bonchev–Trinajstić information content (AvgIpc) is 2.29. The highest BCUT2D eigenvalue weighted by Crippen LogP contribution is 2.35. The van der Waals surface area contributed by atoms with Crippen molar-refractivity contribution in [1.82, 2.24) is 10.2 Å². The standard InChI is InChI=1S/C11H18N2O2S/c1-7(14)9-5-6-16-10-4-3-8(12-2)11(15)13(9)10/h8-10,12H,3-6H2,1-2H3. The molecule has 2 rings (SSSR count). The summed E-state index contributed by atoms with van der Waals surface area (Å²) in [6, 6.07) is -0.285. The summed E-state index contributed by atoms with van der Waals surface area (Å²) < 4.78 is 0. The maximum atomic E-state index is 12.2. The Hall–Kier alpha value is -0.550. The molecule has 3 atom stereocenters. The molecule has 5 heteroatoms. The summed E-state index contributed by atoms with van der Waals surface area (Å²) in [5.41, 5.74) is 0. The zero-order valence-corrected chi connectivity index (χ0v) is 10.5. The Morgan fingerprint density at radius 2 is 2.19 bits per heavy atom. The maximum Gasteiger partial charge on any atom is 0.241 e. The number of ketones is 1. The summed E-state index contributed by atoms with van der Waals surface area (Å²) in [5.74, 6) is 1.21. The molecule has 90 valence electrons. The first-order valence-corrected chi connectivity index (χ1v) is 6.81. The minimum atomic E-state index is -0.185. The van der Waals surface area contributed by atoms with Crippen molar-refractivity contribution in [2.24, 2.45) is 0 Å². The molecule has 16 heavy (non-hydrogen) atoms. The van der Waals surface area contributed by atoms with Crippen molar-refractivity contribution in [2.45, 2.75) is 43.6 Å². The van der Waals surface area contributed by atoms with Crippen LogP contribution in [0, 0.1) is 0 Å². The van der Waals surface area contributed by atoms with Crippen LogP contribution >= 0.6 is 11.8 Å². The van der Waals surface area contributed by atoms with Gasteiger partial charge >= 0.3 is 0 Å². The number of Topliss-reactive ketones (excluding diaryl/α,β-unsaturated/α-hetero) is 1. The number of carbonyl (C=O) groups excluding carboxylic acids is 2. The van der Waals surface area contributed by atoms with E-state index >= 15 is 0 Å². The smallest absolute Gasteiger partial charge is 0.241 e. The average molecular weight is 242 g/mol. The van der Waals surface area contributed by atoms with Gasteiger partial charge in [0.05, 0.1) is 17.5 Å². The van der Waals surface area contributed by atoms with Crippen LogP contribution in [0.3, 0.4) is 0 Å². The Bertz CT molecular complexity index is 308. The molecular weight excluding hydrogens is 224 g/mol. The number of nitrogens with zero attached hydrogens (tertiary/aromatic N) is 1. The number of hydrogen-bond donors (Lipinski definition) is 1. The fourth-order valence-corrected chi connectivity index (χ4v) is 3.88. The lowest BCUT2D eigenvalue weighted by atomic mass is 9.99. The van der Waals surface area contributed by atoms with E-state index in [9.17, 15) is 9.59 Å². The van der Waals surface area contributed by atoms with Gasteiger partial charge in [0.2, 0.25) is 5.91 Å². The molecule has 2 aliphatic heterocycles. The van der Waals surface area contributed by atoms with Crippen LogP contribution in [0.5, 0.6) is 0 Å². The van der Waals surface area contributed by atoms with Crippen LogP contribution in [0.25, 0.3) is 0 Å². The third kappa shape index (κ3) is 1.98. The van der Waals surface area contributed by atoms with Gasteiger partial charge in [0.1, 0.15) is 0 Å². The van der Waals surface area contributed by atoms with E-state index in [0.717, 1.165) is 25.0 Å². The summed E-state index contributed by atoms with van der Waals surface area (Å²) in [6.45, 7) is 1.59.